The van der Waals surface area contributed by atoms with E-state index in [1.165, 1.54) is 7.11 Å². The summed E-state index contributed by atoms with van der Waals surface area (Å²) in [5.74, 6) is 1.09. The lowest BCUT2D eigenvalue weighted by atomic mass is 9.84. The van der Waals surface area contributed by atoms with Gasteiger partial charge in [-0.3, -0.25) is 0 Å². The summed E-state index contributed by atoms with van der Waals surface area (Å²) in [5, 5.41) is 8.02. The van der Waals surface area contributed by atoms with E-state index < -0.39 is 6.10 Å². The molecule has 6 rings (SSSR count). The van der Waals surface area contributed by atoms with E-state index in [1.807, 2.05) is 59.3 Å². The van der Waals surface area contributed by atoms with Crippen molar-refractivity contribution in [2.75, 3.05) is 12.4 Å². The standard InChI is InChI=1S/C26H20N4O3/c1-32-25(31)18-13-11-17(12-14-18)24-21-22(19-9-5-6-10-20(19)33-24)29-26-27-15-28-30(26)23(21)16-7-3-2-4-8-16/h2-15,23-24H,1H3,(H,27,28,29). The van der Waals surface area contributed by atoms with Crippen molar-refractivity contribution in [1.82, 2.24) is 14.8 Å². The Labute approximate surface area is 190 Å². The van der Waals surface area contributed by atoms with Crippen LogP contribution in [0.4, 0.5) is 5.95 Å². The highest BCUT2D eigenvalue weighted by Crippen LogP contribution is 2.50. The summed E-state index contributed by atoms with van der Waals surface area (Å²) in [5.41, 5.74) is 5.47. The number of hydrogen-bond donors (Lipinski definition) is 1. The molecule has 2 unspecified atom stereocenters. The minimum Gasteiger partial charge on any atom is -0.480 e. The van der Waals surface area contributed by atoms with Crippen molar-refractivity contribution in [3.63, 3.8) is 0 Å². The Bertz CT molecular complexity index is 1380. The number of nitrogens with zero attached hydrogens (tertiary/aromatic N) is 3. The van der Waals surface area contributed by atoms with Crippen LogP contribution >= 0.6 is 0 Å². The van der Waals surface area contributed by atoms with Crippen molar-refractivity contribution in [3.8, 4) is 5.75 Å². The molecule has 2 aliphatic rings. The van der Waals surface area contributed by atoms with Crippen LogP contribution in [-0.2, 0) is 4.74 Å². The molecule has 0 spiro atoms. The maximum atomic E-state index is 11.9. The quantitative estimate of drug-likeness (QED) is 0.472. The Morgan fingerprint density at radius 2 is 1.73 bits per heavy atom. The summed E-state index contributed by atoms with van der Waals surface area (Å²) in [6, 6.07) is 25.3. The number of rotatable bonds is 3. The molecule has 0 aliphatic carbocycles. The Morgan fingerprint density at radius 3 is 2.52 bits per heavy atom. The minimum absolute atomic E-state index is 0.210. The topological polar surface area (TPSA) is 78.3 Å². The second kappa shape index (κ2) is 7.63. The monoisotopic (exact) mass is 436 g/mol. The van der Waals surface area contributed by atoms with Gasteiger partial charge in [-0.25, -0.2) is 9.48 Å². The molecule has 7 nitrogen and oxygen atoms in total. The molecule has 1 aromatic heterocycles. The van der Waals surface area contributed by atoms with Crippen LogP contribution in [0.1, 0.15) is 39.2 Å². The van der Waals surface area contributed by atoms with Gasteiger partial charge in [0.15, 0.2) is 0 Å². The number of esters is 1. The zero-order chi connectivity index (χ0) is 22.4. The van der Waals surface area contributed by atoms with E-state index in [2.05, 4.69) is 27.5 Å². The number of aromatic nitrogens is 3. The number of methoxy groups -OCH3 is 1. The van der Waals surface area contributed by atoms with Crippen molar-refractivity contribution in [2.24, 2.45) is 0 Å². The van der Waals surface area contributed by atoms with Gasteiger partial charge in [0.1, 0.15) is 24.2 Å². The third-order valence-corrected chi connectivity index (χ3v) is 6.07. The van der Waals surface area contributed by atoms with Crippen molar-refractivity contribution in [2.45, 2.75) is 12.1 Å². The molecule has 162 valence electrons. The Kier molecular flexibility index (Phi) is 4.47. The SMILES string of the molecule is COC(=O)c1ccc(C2Oc3ccccc3C3=C2C(c2ccccc2)n2ncnc2N3)cc1. The first kappa shape index (κ1) is 19.3. The van der Waals surface area contributed by atoms with Crippen LogP contribution in [0, 0.1) is 0 Å². The average molecular weight is 436 g/mol. The van der Waals surface area contributed by atoms with E-state index in [0.29, 0.717) is 11.5 Å². The molecule has 2 atom stereocenters. The van der Waals surface area contributed by atoms with Gasteiger partial charge in [-0.05, 0) is 35.4 Å². The van der Waals surface area contributed by atoms with Gasteiger partial charge in [0.2, 0.25) is 5.95 Å². The number of hydrogen-bond acceptors (Lipinski definition) is 6. The fourth-order valence-corrected chi connectivity index (χ4v) is 4.56. The first-order valence-corrected chi connectivity index (χ1v) is 10.6. The molecule has 7 heteroatoms. The fourth-order valence-electron chi connectivity index (χ4n) is 4.56. The highest BCUT2D eigenvalue weighted by Gasteiger charge is 2.40. The largest absolute Gasteiger partial charge is 0.480 e. The Balaban J connectivity index is 1.56. The predicted octanol–water partition coefficient (Wildman–Crippen LogP) is 4.62. The highest BCUT2D eigenvalue weighted by atomic mass is 16.5. The molecule has 3 heterocycles. The number of nitrogens with one attached hydrogen (secondary N) is 1. The lowest BCUT2D eigenvalue weighted by Gasteiger charge is -2.39. The van der Waals surface area contributed by atoms with Gasteiger partial charge in [-0.2, -0.15) is 10.1 Å². The van der Waals surface area contributed by atoms with Crippen LogP contribution in [0.3, 0.4) is 0 Å². The third kappa shape index (κ3) is 3.09. The molecule has 0 radical (unpaired) electrons. The van der Waals surface area contributed by atoms with Crippen molar-refractivity contribution < 1.29 is 14.3 Å². The summed E-state index contributed by atoms with van der Waals surface area (Å²) in [4.78, 5) is 16.4. The molecule has 0 saturated carbocycles. The van der Waals surface area contributed by atoms with Gasteiger partial charge >= 0.3 is 5.97 Å². The van der Waals surface area contributed by atoms with Crippen LogP contribution in [0.5, 0.6) is 5.75 Å². The third-order valence-electron chi connectivity index (χ3n) is 6.07. The molecule has 4 aromatic rings. The van der Waals surface area contributed by atoms with E-state index in [-0.39, 0.29) is 12.0 Å². The van der Waals surface area contributed by atoms with Crippen LogP contribution < -0.4 is 10.1 Å². The van der Waals surface area contributed by atoms with Gasteiger partial charge in [-0.15, -0.1) is 0 Å². The maximum absolute atomic E-state index is 11.9. The van der Waals surface area contributed by atoms with Crippen molar-refractivity contribution in [3.05, 3.63) is 113 Å². The van der Waals surface area contributed by atoms with E-state index in [0.717, 1.165) is 33.7 Å². The second-order valence-electron chi connectivity index (χ2n) is 7.90. The van der Waals surface area contributed by atoms with E-state index in [4.69, 9.17) is 9.47 Å². The number of benzene rings is 3. The number of carbonyl (C=O) groups excluding carboxylic acids is 1. The van der Waals surface area contributed by atoms with E-state index >= 15 is 0 Å². The van der Waals surface area contributed by atoms with Crippen LogP contribution in [-0.4, -0.2) is 27.8 Å². The smallest absolute Gasteiger partial charge is 0.337 e. The summed E-state index contributed by atoms with van der Waals surface area (Å²) >= 11 is 0. The summed E-state index contributed by atoms with van der Waals surface area (Å²) < 4.78 is 13.3. The Hall–Kier alpha value is -4.39. The number of carbonyl (C=O) groups is 1. The first-order valence-electron chi connectivity index (χ1n) is 10.6. The van der Waals surface area contributed by atoms with Crippen molar-refractivity contribution in [1.29, 1.82) is 0 Å². The summed E-state index contributed by atoms with van der Waals surface area (Å²) in [7, 11) is 1.38. The minimum atomic E-state index is -0.392. The van der Waals surface area contributed by atoms with E-state index in [1.54, 1.807) is 18.5 Å². The second-order valence-corrected chi connectivity index (χ2v) is 7.90. The molecule has 0 bridgehead atoms. The highest BCUT2D eigenvalue weighted by molar-refractivity contribution is 5.89. The number of ether oxygens (including phenoxy) is 2. The van der Waals surface area contributed by atoms with Gasteiger partial charge in [-0.1, -0.05) is 54.6 Å². The molecule has 0 amide bonds. The summed E-state index contributed by atoms with van der Waals surface area (Å²) in [6.07, 6.45) is 1.17. The maximum Gasteiger partial charge on any atom is 0.337 e. The van der Waals surface area contributed by atoms with Gasteiger partial charge in [0.25, 0.3) is 0 Å². The molecule has 0 fully saturated rings. The fraction of sp³-hybridized carbons (Fsp3) is 0.115. The average Bonchev–Trinajstić information content (AvgIpc) is 3.35. The lowest BCUT2D eigenvalue weighted by molar-refractivity contribution is 0.0600. The van der Waals surface area contributed by atoms with Gasteiger partial charge in [0.05, 0.1) is 18.4 Å². The number of para-hydroxylation sites is 1. The number of fused-ring (bicyclic) bond motifs is 3. The molecular formula is C26H20N4O3. The normalized spacial score (nSPS) is 18.3. The van der Waals surface area contributed by atoms with Gasteiger partial charge < -0.3 is 14.8 Å². The van der Waals surface area contributed by atoms with E-state index in [9.17, 15) is 4.79 Å². The first-order chi connectivity index (χ1) is 16.2. The zero-order valence-corrected chi connectivity index (χ0v) is 17.8. The number of anilines is 1. The van der Waals surface area contributed by atoms with Crippen LogP contribution in [0.2, 0.25) is 0 Å². The molecular weight excluding hydrogens is 416 g/mol. The predicted molar refractivity (Wildman–Crippen MR) is 123 cm³/mol. The zero-order valence-electron chi connectivity index (χ0n) is 17.8. The molecule has 0 saturated heterocycles. The molecule has 1 N–H and O–H groups in total. The van der Waals surface area contributed by atoms with Crippen molar-refractivity contribution >= 4 is 17.6 Å². The molecule has 2 aliphatic heterocycles. The molecule has 33 heavy (non-hydrogen) atoms. The molecule has 3 aromatic carbocycles. The summed E-state index contributed by atoms with van der Waals surface area (Å²) in [6.45, 7) is 0. The van der Waals surface area contributed by atoms with Crippen LogP contribution in [0.25, 0.3) is 5.70 Å². The lowest BCUT2D eigenvalue weighted by Crippen LogP contribution is -2.32. The Morgan fingerprint density at radius 1 is 0.970 bits per heavy atom. The van der Waals surface area contributed by atoms with Gasteiger partial charge in [0, 0.05) is 11.1 Å². The van der Waals surface area contributed by atoms with Crippen LogP contribution in [0.15, 0.2) is 90.8 Å².